The maximum Gasteiger partial charge on any atom is 0.0294 e. The fourth-order valence-corrected chi connectivity index (χ4v) is 2.25. The van der Waals surface area contributed by atoms with E-state index in [1.807, 2.05) is 0 Å². The maximum absolute atomic E-state index is 3.68. The summed E-state index contributed by atoms with van der Waals surface area (Å²) >= 11 is 0. The minimum Gasteiger partial charge on any atom is -0.308 e. The first-order valence-electron chi connectivity index (χ1n) is 6.96. The van der Waals surface area contributed by atoms with Crippen molar-refractivity contribution >= 4 is 0 Å². The third-order valence-electron chi connectivity index (χ3n) is 3.32. The largest absolute Gasteiger partial charge is 0.308 e. The van der Waals surface area contributed by atoms with Crippen LogP contribution in [0.4, 0.5) is 0 Å². The second kappa shape index (κ2) is 7.50. The smallest absolute Gasteiger partial charge is 0.0294 e. The van der Waals surface area contributed by atoms with Crippen LogP contribution < -0.4 is 5.32 Å². The molecule has 0 spiro atoms. The van der Waals surface area contributed by atoms with E-state index in [4.69, 9.17) is 0 Å². The van der Waals surface area contributed by atoms with E-state index in [1.54, 1.807) is 0 Å². The van der Waals surface area contributed by atoms with Crippen LogP contribution in [0.25, 0.3) is 0 Å². The zero-order chi connectivity index (χ0) is 12.7. The molecule has 0 saturated heterocycles. The summed E-state index contributed by atoms with van der Waals surface area (Å²) in [5.74, 6) is 0. The van der Waals surface area contributed by atoms with E-state index >= 15 is 0 Å². The molecule has 0 amide bonds. The Morgan fingerprint density at radius 1 is 1.18 bits per heavy atom. The summed E-state index contributed by atoms with van der Waals surface area (Å²) in [6.45, 7) is 8.96. The first-order chi connectivity index (χ1) is 8.13. The highest BCUT2D eigenvalue weighted by Crippen LogP contribution is 2.15. The Morgan fingerprint density at radius 2 is 1.94 bits per heavy atom. The van der Waals surface area contributed by atoms with Crippen molar-refractivity contribution in [2.75, 3.05) is 0 Å². The zero-order valence-corrected chi connectivity index (χ0v) is 11.8. The van der Waals surface area contributed by atoms with Crippen LogP contribution in [-0.2, 0) is 0 Å². The van der Waals surface area contributed by atoms with Crippen molar-refractivity contribution in [3.05, 3.63) is 35.4 Å². The van der Waals surface area contributed by atoms with Gasteiger partial charge in [-0.05, 0) is 32.8 Å². The van der Waals surface area contributed by atoms with Crippen LogP contribution >= 0.6 is 0 Å². The second-order valence-corrected chi connectivity index (χ2v) is 5.20. The molecule has 2 unspecified atom stereocenters. The number of nitrogens with one attached hydrogen (secondary N) is 1. The van der Waals surface area contributed by atoms with Gasteiger partial charge in [0.2, 0.25) is 0 Å². The average molecular weight is 233 g/mol. The molecule has 1 heteroatoms. The van der Waals surface area contributed by atoms with E-state index in [-0.39, 0.29) is 0 Å². The van der Waals surface area contributed by atoms with Gasteiger partial charge in [-0.15, -0.1) is 0 Å². The normalized spacial score (nSPS) is 14.6. The van der Waals surface area contributed by atoms with Gasteiger partial charge in [-0.25, -0.2) is 0 Å². The quantitative estimate of drug-likeness (QED) is 0.678. The van der Waals surface area contributed by atoms with Gasteiger partial charge in [0, 0.05) is 12.1 Å². The average Bonchev–Trinajstić information content (AvgIpc) is 2.29. The van der Waals surface area contributed by atoms with Crippen molar-refractivity contribution in [2.24, 2.45) is 0 Å². The fraction of sp³-hybridized carbons (Fsp3) is 0.625. The lowest BCUT2D eigenvalue weighted by atomic mass is 10.0. The Hall–Kier alpha value is -0.820. The number of hydrogen-bond acceptors (Lipinski definition) is 1. The molecular weight excluding hydrogens is 206 g/mol. The maximum atomic E-state index is 3.68. The zero-order valence-electron chi connectivity index (χ0n) is 11.8. The lowest BCUT2D eigenvalue weighted by molar-refractivity contribution is 0.440. The monoisotopic (exact) mass is 233 g/mol. The predicted molar refractivity (Wildman–Crippen MR) is 76.3 cm³/mol. The van der Waals surface area contributed by atoms with Gasteiger partial charge >= 0.3 is 0 Å². The SMILES string of the molecule is CCCCCC(C)NC(C)c1cccc(C)c1. The molecule has 0 fully saturated rings. The Balaban J connectivity index is 2.40. The Labute approximate surface area is 107 Å². The molecule has 0 aliphatic carbocycles. The van der Waals surface area contributed by atoms with Crippen LogP contribution in [0.15, 0.2) is 24.3 Å². The van der Waals surface area contributed by atoms with Crippen LogP contribution in [0.2, 0.25) is 0 Å². The van der Waals surface area contributed by atoms with Crippen molar-refractivity contribution in [2.45, 2.75) is 65.5 Å². The Kier molecular flexibility index (Phi) is 6.28. The molecule has 0 aromatic heterocycles. The van der Waals surface area contributed by atoms with Gasteiger partial charge in [-0.3, -0.25) is 0 Å². The number of rotatable bonds is 7. The van der Waals surface area contributed by atoms with Crippen LogP contribution in [0.5, 0.6) is 0 Å². The molecule has 1 aromatic carbocycles. The number of hydrogen-bond donors (Lipinski definition) is 1. The van der Waals surface area contributed by atoms with E-state index in [0.717, 1.165) is 0 Å². The molecule has 1 aromatic rings. The molecule has 0 bridgehead atoms. The summed E-state index contributed by atoms with van der Waals surface area (Å²) in [6, 6.07) is 9.84. The number of aryl methyl sites for hydroxylation is 1. The van der Waals surface area contributed by atoms with Gasteiger partial charge < -0.3 is 5.32 Å². The standard InChI is InChI=1S/C16H27N/c1-5-6-7-10-14(3)17-15(4)16-11-8-9-13(2)12-16/h8-9,11-12,14-15,17H,5-7,10H2,1-4H3. The summed E-state index contributed by atoms with van der Waals surface area (Å²) < 4.78 is 0. The van der Waals surface area contributed by atoms with Crippen LogP contribution in [0, 0.1) is 6.92 Å². The molecule has 1 N–H and O–H groups in total. The summed E-state index contributed by atoms with van der Waals surface area (Å²) in [5, 5.41) is 3.68. The lowest BCUT2D eigenvalue weighted by Crippen LogP contribution is -2.28. The van der Waals surface area contributed by atoms with Crippen molar-refractivity contribution in [1.29, 1.82) is 0 Å². The highest BCUT2D eigenvalue weighted by molar-refractivity contribution is 5.24. The molecule has 0 heterocycles. The molecular formula is C16H27N. The van der Waals surface area contributed by atoms with Crippen LogP contribution in [0.3, 0.4) is 0 Å². The van der Waals surface area contributed by atoms with Crippen molar-refractivity contribution in [3.63, 3.8) is 0 Å². The summed E-state index contributed by atoms with van der Waals surface area (Å²) in [6.07, 6.45) is 5.28. The summed E-state index contributed by atoms with van der Waals surface area (Å²) in [4.78, 5) is 0. The second-order valence-electron chi connectivity index (χ2n) is 5.20. The van der Waals surface area contributed by atoms with Gasteiger partial charge in [0.1, 0.15) is 0 Å². The van der Waals surface area contributed by atoms with Gasteiger partial charge in [-0.1, -0.05) is 56.0 Å². The van der Waals surface area contributed by atoms with Crippen LogP contribution in [0.1, 0.15) is 63.6 Å². The third kappa shape index (κ3) is 5.36. The van der Waals surface area contributed by atoms with E-state index in [2.05, 4.69) is 57.3 Å². The van der Waals surface area contributed by atoms with E-state index in [0.29, 0.717) is 12.1 Å². The highest BCUT2D eigenvalue weighted by Gasteiger charge is 2.08. The van der Waals surface area contributed by atoms with Crippen LogP contribution in [-0.4, -0.2) is 6.04 Å². The van der Waals surface area contributed by atoms with Gasteiger partial charge in [-0.2, -0.15) is 0 Å². The summed E-state index contributed by atoms with van der Waals surface area (Å²) in [7, 11) is 0. The van der Waals surface area contributed by atoms with Gasteiger partial charge in [0.15, 0.2) is 0 Å². The van der Waals surface area contributed by atoms with Gasteiger partial charge in [0.25, 0.3) is 0 Å². The molecule has 0 aliphatic heterocycles. The number of benzene rings is 1. The molecule has 0 aliphatic rings. The lowest BCUT2D eigenvalue weighted by Gasteiger charge is -2.20. The first kappa shape index (κ1) is 14.2. The highest BCUT2D eigenvalue weighted by atomic mass is 14.9. The van der Waals surface area contributed by atoms with E-state index in [1.165, 1.54) is 36.8 Å². The Bertz CT molecular complexity index is 319. The molecule has 0 saturated carbocycles. The molecule has 1 nitrogen and oxygen atoms in total. The molecule has 1 rings (SSSR count). The topological polar surface area (TPSA) is 12.0 Å². The van der Waals surface area contributed by atoms with E-state index < -0.39 is 0 Å². The third-order valence-corrected chi connectivity index (χ3v) is 3.32. The molecule has 17 heavy (non-hydrogen) atoms. The van der Waals surface area contributed by atoms with Crippen molar-refractivity contribution in [1.82, 2.24) is 5.32 Å². The molecule has 0 radical (unpaired) electrons. The first-order valence-corrected chi connectivity index (χ1v) is 6.96. The fourth-order valence-electron chi connectivity index (χ4n) is 2.25. The number of unbranched alkanes of at least 4 members (excludes halogenated alkanes) is 2. The predicted octanol–water partition coefficient (Wildman–Crippen LogP) is 4.61. The van der Waals surface area contributed by atoms with E-state index in [9.17, 15) is 0 Å². The van der Waals surface area contributed by atoms with Gasteiger partial charge in [0.05, 0.1) is 0 Å². The minimum absolute atomic E-state index is 0.450. The molecule has 2 atom stereocenters. The molecule has 96 valence electrons. The Morgan fingerprint density at radius 3 is 2.59 bits per heavy atom. The summed E-state index contributed by atoms with van der Waals surface area (Å²) in [5.41, 5.74) is 2.74. The minimum atomic E-state index is 0.450. The van der Waals surface area contributed by atoms with Crippen molar-refractivity contribution < 1.29 is 0 Å². The van der Waals surface area contributed by atoms with Crippen molar-refractivity contribution in [3.8, 4) is 0 Å².